The first-order valence-corrected chi connectivity index (χ1v) is 7.58. The smallest absolute Gasteiger partial charge is 0.145 e. The number of benzene rings is 1. The van der Waals surface area contributed by atoms with Gasteiger partial charge in [-0.1, -0.05) is 44.5 Å². The van der Waals surface area contributed by atoms with Gasteiger partial charge in [-0.05, 0) is 36.9 Å². The van der Waals surface area contributed by atoms with Gasteiger partial charge in [0.2, 0.25) is 0 Å². The van der Waals surface area contributed by atoms with Crippen molar-refractivity contribution >= 4 is 11.6 Å². The standard InChI is InChI=1S/C16H25ClFNO/c1-5-9-19-14(16(20-4)11(2)3)10-12-7-6-8-13(17)15(12)18/h6-8,11,14,16,19H,5,9-10H2,1-4H3. The Morgan fingerprint density at radius 1 is 1.35 bits per heavy atom. The number of ether oxygens (including phenoxy) is 1. The molecule has 0 saturated heterocycles. The molecule has 0 radical (unpaired) electrons. The van der Waals surface area contributed by atoms with Crippen LogP contribution in [0.25, 0.3) is 0 Å². The van der Waals surface area contributed by atoms with Crippen molar-refractivity contribution in [3.63, 3.8) is 0 Å². The van der Waals surface area contributed by atoms with Crippen LogP contribution in [0.1, 0.15) is 32.8 Å². The number of methoxy groups -OCH3 is 1. The number of hydrogen-bond acceptors (Lipinski definition) is 2. The van der Waals surface area contributed by atoms with Crippen LogP contribution in [0.15, 0.2) is 18.2 Å². The Morgan fingerprint density at radius 2 is 2.05 bits per heavy atom. The summed E-state index contributed by atoms with van der Waals surface area (Å²) in [6.45, 7) is 7.23. The summed E-state index contributed by atoms with van der Waals surface area (Å²) in [4.78, 5) is 0. The molecule has 20 heavy (non-hydrogen) atoms. The quantitative estimate of drug-likeness (QED) is 0.782. The van der Waals surface area contributed by atoms with E-state index in [1.54, 1.807) is 25.3 Å². The molecule has 2 nitrogen and oxygen atoms in total. The maximum absolute atomic E-state index is 14.1. The second-order valence-corrected chi connectivity index (χ2v) is 5.83. The zero-order valence-corrected chi connectivity index (χ0v) is 13.5. The van der Waals surface area contributed by atoms with E-state index in [0.717, 1.165) is 13.0 Å². The molecule has 1 aromatic carbocycles. The van der Waals surface area contributed by atoms with E-state index in [1.807, 2.05) is 0 Å². The van der Waals surface area contributed by atoms with Crippen molar-refractivity contribution in [2.45, 2.75) is 45.8 Å². The van der Waals surface area contributed by atoms with Gasteiger partial charge in [0, 0.05) is 13.2 Å². The number of rotatable bonds is 8. The zero-order chi connectivity index (χ0) is 15.1. The van der Waals surface area contributed by atoms with Gasteiger partial charge >= 0.3 is 0 Å². The minimum atomic E-state index is -0.323. The monoisotopic (exact) mass is 301 g/mol. The van der Waals surface area contributed by atoms with Gasteiger partial charge in [0.15, 0.2) is 0 Å². The first kappa shape index (κ1) is 17.4. The van der Waals surface area contributed by atoms with E-state index in [-0.39, 0.29) is 23.0 Å². The lowest BCUT2D eigenvalue weighted by molar-refractivity contribution is 0.0330. The summed E-state index contributed by atoms with van der Waals surface area (Å²) in [5.74, 6) is 0.0349. The van der Waals surface area contributed by atoms with Crippen molar-refractivity contribution in [3.05, 3.63) is 34.6 Å². The lowest BCUT2D eigenvalue weighted by Gasteiger charge is -2.30. The van der Waals surface area contributed by atoms with Crippen LogP contribution in [0.4, 0.5) is 4.39 Å². The molecular weight excluding hydrogens is 277 g/mol. The summed E-state index contributed by atoms with van der Waals surface area (Å²) >= 11 is 5.85. The third kappa shape index (κ3) is 4.72. The number of hydrogen-bond donors (Lipinski definition) is 1. The van der Waals surface area contributed by atoms with Gasteiger partial charge in [0.25, 0.3) is 0 Å². The number of nitrogens with one attached hydrogen (secondary N) is 1. The summed E-state index contributed by atoms with van der Waals surface area (Å²) in [6, 6.07) is 5.22. The minimum Gasteiger partial charge on any atom is -0.380 e. The van der Waals surface area contributed by atoms with Crippen molar-refractivity contribution in [3.8, 4) is 0 Å². The van der Waals surface area contributed by atoms with Crippen molar-refractivity contribution in [2.75, 3.05) is 13.7 Å². The zero-order valence-electron chi connectivity index (χ0n) is 12.7. The summed E-state index contributed by atoms with van der Waals surface area (Å²) in [6.07, 6.45) is 1.64. The average Bonchev–Trinajstić information content (AvgIpc) is 2.41. The van der Waals surface area contributed by atoms with E-state index in [1.165, 1.54) is 0 Å². The normalized spacial score (nSPS) is 14.6. The molecule has 4 heteroatoms. The fraction of sp³-hybridized carbons (Fsp3) is 0.625. The van der Waals surface area contributed by atoms with Gasteiger partial charge in [-0.3, -0.25) is 0 Å². The Hall–Kier alpha value is -0.640. The fourth-order valence-corrected chi connectivity index (χ4v) is 2.67. The van der Waals surface area contributed by atoms with E-state index in [9.17, 15) is 4.39 Å². The van der Waals surface area contributed by atoms with Crippen LogP contribution < -0.4 is 5.32 Å². The summed E-state index contributed by atoms with van der Waals surface area (Å²) in [5, 5.41) is 3.64. The molecule has 2 atom stereocenters. The van der Waals surface area contributed by atoms with Crippen LogP contribution in [-0.4, -0.2) is 25.8 Å². The molecule has 114 valence electrons. The Kier molecular flexibility index (Phi) is 7.49. The molecular formula is C16H25ClFNO. The van der Waals surface area contributed by atoms with Crippen LogP contribution >= 0.6 is 11.6 Å². The topological polar surface area (TPSA) is 21.3 Å². The molecule has 0 aliphatic heterocycles. The van der Waals surface area contributed by atoms with Crippen LogP contribution in [0, 0.1) is 11.7 Å². The molecule has 0 heterocycles. The predicted octanol–water partition coefficient (Wildman–Crippen LogP) is 4.06. The first-order valence-electron chi connectivity index (χ1n) is 7.20. The van der Waals surface area contributed by atoms with Crippen LogP contribution in [0.2, 0.25) is 5.02 Å². The van der Waals surface area contributed by atoms with Gasteiger partial charge in [-0.2, -0.15) is 0 Å². The highest BCUT2D eigenvalue weighted by Crippen LogP contribution is 2.21. The molecule has 0 saturated carbocycles. The second kappa shape index (κ2) is 8.60. The van der Waals surface area contributed by atoms with Crippen molar-refractivity contribution in [1.29, 1.82) is 0 Å². The Bertz CT molecular complexity index is 411. The van der Waals surface area contributed by atoms with Gasteiger partial charge in [-0.25, -0.2) is 4.39 Å². The second-order valence-electron chi connectivity index (χ2n) is 5.42. The third-order valence-corrected chi connectivity index (χ3v) is 3.75. The van der Waals surface area contributed by atoms with Crippen molar-refractivity contribution in [1.82, 2.24) is 5.32 Å². The SMILES string of the molecule is CCCNC(Cc1cccc(Cl)c1F)C(OC)C(C)C. The summed E-state index contributed by atoms with van der Waals surface area (Å²) in [5.41, 5.74) is 0.633. The van der Waals surface area contributed by atoms with E-state index >= 15 is 0 Å². The maximum atomic E-state index is 14.1. The largest absolute Gasteiger partial charge is 0.380 e. The van der Waals surface area contributed by atoms with Gasteiger partial charge in [0.1, 0.15) is 5.82 Å². The van der Waals surface area contributed by atoms with Gasteiger partial charge < -0.3 is 10.1 Å². The Labute approximate surface area is 126 Å². The van der Waals surface area contributed by atoms with Crippen molar-refractivity contribution < 1.29 is 9.13 Å². The highest BCUT2D eigenvalue weighted by Gasteiger charge is 2.25. The molecule has 0 amide bonds. The maximum Gasteiger partial charge on any atom is 0.145 e. The highest BCUT2D eigenvalue weighted by atomic mass is 35.5. The van der Waals surface area contributed by atoms with E-state index in [4.69, 9.17) is 16.3 Å². The minimum absolute atomic E-state index is 0.0416. The number of halogens is 2. The van der Waals surface area contributed by atoms with Gasteiger partial charge in [-0.15, -0.1) is 0 Å². The van der Waals surface area contributed by atoms with E-state index in [0.29, 0.717) is 17.9 Å². The molecule has 2 unspecified atom stereocenters. The molecule has 0 fully saturated rings. The van der Waals surface area contributed by atoms with E-state index in [2.05, 4.69) is 26.1 Å². The predicted molar refractivity (Wildman–Crippen MR) is 82.8 cm³/mol. The van der Waals surface area contributed by atoms with Crippen LogP contribution in [0.5, 0.6) is 0 Å². The molecule has 0 bridgehead atoms. The van der Waals surface area contributed by atoms with E-state index < -0.39 is 0 Å². The molecule has 1 rings (SSSR count). The van der Waals surface area contributed by atoms with Crippen molar-refractivity contribution in [2.24, 2.45) is 5.92 Å². The fourth-order valence-electron chi connectivity index (χ4n) is 2.48. The summed E-state index contributed by atoms with van der Waals surface area (Å²) in [7, 11) is 1.71. The van der Waals surface area contributed by atoms with Gasteiger partial charge in [0.05, 0.1) is 11.1 Å². The molecule has 1 aromatic rings. The molecule has 0 aliphatic rings. The Morgan fingerprint density at radius 3 is 2.60 bits per heavy atom. The highest BCUT2D eigenvalue weighted by molar-refractivity contribution is 6.30. The molecule has 0 aromatic heterocycles. The van der Waals surface area contributed by atoms with Crippen LogP contribution in [-0.2, 0) is 11.2 Å². The average molecular weight is 302 g/mol. The lowest BCUT2D eigenvalue weighted by Crippen LogP contribution is -2.45. The first-order chi connectivity index (χ1) is 9.51. The molecule has 1 N–H and O–H groups in total. The Balaban J connectivity index is 2.90. The third-order valence-electron chi connectivity index (χ3n) is 3.45. The van der Waals surface area contributed by atoms with Crippen LogP contribution in [0.3, 0.4) is 0 Å². The molecule has 0 spiro atoms. The lowest BCUT2D eigenvalue weighted by atomic mass is 9.93. The summed E-state index contributed by atoms with van der Waals surface area (Å²) < 4.78 is 19.6. The molecule has 0 aliphatic carbocycles.